The van der Waals surface area contributed by atoms with Gasteiger partial charge in [0, 0.05) is 0 Å². The molecule has 0 aliphatic heterocycles. The van der Waals surface area contributed by atoms with E-state index in [1.54, 1.807) is 13.8 Å². The van der Waals surface area contributed by atoms with Gasteiger partial charge in [-0.1, -0.05) is 17.3 Å². The topological polar surface area (TPSA) is 37.8 Å². The molecule has 0 spiro atoms. The van der Waals surface area contributed by atoms with Crippen LogP contribution in [0.25, 0.3) is 0 Å². The van der Waals surface area contributed by atoms with Crippen molar-refractivity contribution >= 4 is 16.5 Å². The largest absolute Gasteiger partial charge is 0.344 e. The Morgan fingerprint density at radius 3 is 2.57 bits per heavy atom. The zero-order valence-corrected chi connectivity index (χ0v) is 8.53. The van der Waals surface area contributed by atoms with Gasteiger partial charge >= 0.3 is 0 Å². The molecule has 0 aliphatic carbocycles. The molecule has 6 heteroatoms. The lowest BCUT2D eigenvalue weighted by Gasteiger charge is -2.17. The van der Waals surface area contributed by atoms with E-state index >= 15 is 0 Å². The van der Waals surface area contributed by atoms with E-state index in [0.29, 0.717) is 5.13 Å². The van der Waals surface area contributed by atoms with Crippen LogP contribution in [-0.2, 0) is 0 Å². The van der Waals surface area contributed by atoms with Crippen molar-refractivity contribution in [3.63, 3.8) is 0 Å². The van der Waals surface area contributed by atoms with Gasteiger partial charge in [-0.3, -0.25) is 0 Å². The molecule has 76 valence electrons. The molecule has 0 saturated carbocycles. The van der Waals surface area contributed by atoms with E-state index in [4.69, 9.17) is 6.42 Å². The van der Waals surface area contributed by atoms with Crippen LogP contribution in [0.4, 0.5) is 13.9 Å². The zero-order chi connectivity index (χ0) is 10.8. The maximum atomic E-state index is 12.1. The highest BCUT2D eigenvalue weighted by molar-refractivity contribution is 7.15. The molecule has 0 radical (unpaired) electrons. The summed E-state index contributed by atoms with van der Waals surface area (Å²) >= 11 is 0.804. The van der Waals surface area contributed by atoms with Crippen LogP contribution in [0.2, 0.25) is 0 Å². The zero-order valence-electron chi connectivity index (χ0n) is 7.71. The molecule has 1 aromatic heterocycles. The Kier molecular flexibility index (Phi) is 3.01. The van der Waals surface area contributed by atoms with Crippen LogP contribution in [0, 0.1) is 12.3 Å². The Labute approximate surface area is 84.5 Å². The minimum atomic E-state index is -2.59. The second kappa shape index (κ2) is 3.88. The molecular weight excluding hydrogens is 208 g/mol. The summed E-state index contributed by atoms with van der Waals surface area (Å²) in [7, 11) is 0. The van der Waals surface area contributed by atoms with Crippen LogP contribution in [0.1, 0.15) is 25.3 Å². The Balaban J connectivity index is 2.75. The third-order valence-electron chi connectivity index (χ3n) is 1.41. The first kappa shape index (κ1) is 10.9. The lowest BCUT2D eigenvalue weighted by molar-refractivity contribution is 0.150. The van der Waals surface area contributed by atoms with Gasteiger partial charge in [0.2, 0.25) is 5.13 Å². The standard InChI is InChI=1S/C8H9F2N3S/c1-4-8(2,3)11-7-13-12-6(14-7)5(9)10/h1,5H,2-3H3,(H,11,13). The van der Waals surface area contributed by atoms with E-state index < -0.39 is 12.0 Å². The van der Waals surface area contributed by atoms with Crippen molar-refractivity contribution in [3.8, 4) is 12.3 Å². The molecule has 1 N–H and O–H groups in total. The average Bonchev–Trinajstić information content (AvgIpc) is 2.52. The van der Waals surface area contributed by atoms with E-state index in [-0.39, 0.29) is 5.01 Å². The number of rotatable bonds is 3. The predicted octanol–water partition coefficient (Wildman–Crippen LogP) is 2.30. The summed E-state index contributed by atoms with van der Waals surface area (Å²) in [5, 5.41) is 9.70. The molecule has 1 aromatic rings. The third-order valence-corrected chi connectivity index (χ3v) is 2.25. The summed E-state index contributed by atoms with van der Waals surface area (Å²) in [5.41, 5.74) is -0.612. The summed E-state index contributed by atoms with van der Waals surface area (Å²) in [4.78, 5) is 0. The summed E-state index contributed by atoms with van der Waals surface area (Å²) in [6, 6.07) is 0. The fourth-order valence-electron chi connectivity index (χ4n) is 0.677. The lowest BCUT2D eigenvalue weighted by Crippen LogP contribution is -2.28. The van der Waals surface area contributed by atoms with E-state index in [0.717, 1.165) is 11.3 Å². The first-order valence-electron chi connectivity index (χ1n) is 3.82. The number of nitrogens with one attached hydrogen (secondary N) is 1. The predicted molar refractivity (Wildman–Crippen MR) is 51.4 cm³/mol. The average molecular weight is 217 g/mol. The molecule has 0 amide bonds. The van der Waals surface area contributed by atoms with Crippen molar-refractivity contribution < 1.29 is 8.78 Å². The first-order valence-corrected chi connectivity index (χ1v) is 4.64. The highest BCUT2D eigenvalue weighted by atomic mass is 32.1. The van der Waals surface area contributed by atoms with Crippen molar-refractivity contribution in [3.05, 3.63) is 5.01 Å². The van der Waals surface area contributed by atoms with Crippen LogP contribution in [0.15, 0.2) is 0 Å². The van der Waals surface area contributed by atoms with Gasteiger partial charge in [0.1, 0.15) is 0 Å². The highest BCUT2D eigenvalue weighted by Crippen LogP contribution is 2.26. The van der Waals surface area contributed by atoms with Crippen molar-refractivity contribution in [2.45, 2.75) is 25.8 Å². The van der Waals surface area contributed by atoms with Gasteiger partial charge in [-0.25, -0.2) is 8.78 Å². The number of anilines is 1. The van der Waals surface area contributed by atoms with Crippen molar-refractivity contribution in [1.29, 1.82) is 0 Å². The number of aromatic nitrogens is 2. The molecule has 0 saturated heterocycles. The monoisotopic (exact) mass is 217 g/mol. The van der Waals surface area contributed by atoms with Gasteiger partial charge < -0.3 is 5.32 Å². The third kappa shape index (κ3) is 2.64. The van der Waals surface area contributed by atoms with Crippen LogP contribution in [-0.4, -0.2) is 15.7 Å². The Bertz CT molecular complexity index is 354. The molecule has 1 heterocycles. The number of nitrogens with zero attached hydrogens (tertiary/aromatic N) is 2. The number of alkyl halides is 2. The van der Waals surface area contributed by atoms with Crippen molar-refractivity contribution in [2.75, 3.05) is 5.32 Å². The fourth-order valence-corrected chi connectivity index (χ4v) is 1.43. The van der Waals surface area contributed by atoms with E-state index in [2.05, 4.69) is 21.4 Å². The quantitative estimate of drug-likeness (QED) is 0.789. The second-order valence-electron chi connectivity index (χ2n) is 3.14. The number of halogens is 2. The SMILES string of the molecule is C#CC(C)(C)Nc1nnc(C(F)F)s1. The first-order chi connectivity index (χ1) is 6.44. The molecule has 3 nitrogen and oxygen atoms in total. The van der Waals surface area contributed by atoms with E-state index in [9.17, 15) is 8.78 Å². The molecule has 14 heavy (non-hydrogen) atoms. The van der Waals surface area contributed by atoms with Gasteiger partial charge in [0.15, 0.2) is 5.01 Å². The number of terminal acetylenes is 1. The smallest absolute Gasteiger partial charge is 0.291 e. The van der Waals surface area contributed by atoms with Crippen LogP contribution < -0.4 is 5.32 Å². The molecule has 0 unspecified atom stereocenters. The molecule has 0 atom stereocenters. The van der Waals surface area contributed by atoms with E-state index in [1.807, 2.05) is 0 Å². The molecule has 0 aliphatic rings. The van der Waals surface area contributed by atoms with Gasteiger partial charge in [-0.05, 0) is 13.8 Å². The Morgan fingerprint density at radius 2 is 2.14 bits per heavy atom. The summed E-state index contributed by atoms with van der Waals surface area (Å²) in [5.74, 6) is 2.47. The Hall–Kier alpha value is -1.22. The number of hydrogen-bond acceptors (Lipinski definition) is 4. The molecule has 0 aromatic carbocycles. The molecular formula is C8H9F2N3S. The maximum absolute atomic E-state index is 12.1. The van der Waals surface area contributed by atoms with Crippen LogP contribution in [0.3, 0.4) is 0 Å². The summed E-state index contributed by atoms with van der Waals surface area (Å²) in [6.45, 7) is 3.49. The highest BCUT2D eigenvalue weighted by Gasteiger charge is 2.18. The number of hydrogen-bond donors (Lipinski definition) is 1. The summed E-state index contributed by atoms with van der Waals surface area (Å²) < 4.78 is 24.3. The maximum Gasteiger partial charge on any atom is 0.291 e. The normalized spacial score (nSPS) is 11.4. The van der Waals surface area contributed by atoms with Crippen LogP contribution >= 0.6 is 11.3 Å². The van der Waals surface area contributed by atoms with Crippen LogP contribution in [0.5, 0.6) is 0 Å². The van der Waals surface area contributed by atoms with Gasteiger partial charge in [0.05, 0.1) is 5.54 Å². The van der Waals surface area contributed by atoms with Crippen molar-refractivity contribution in [1.82, 2.24) is 10.2 Å². The minimum absolute atomic E-state index is 0.305. The molecule has 1 rings (SSSR count). The van der Waals surface area contributed by atoms with Gasteiger partial charge in [-0.2, -0.15) is 0 Å². The van der Waals surface area contributed by atoms with Crippen molar-refractivity contribution in [2.24, 2.45) is 0 Å². The fraction of sp³-hybridized carbons (Fsp3) is 0.500. The molecule has 0 bridgehead atoms. The minimum Gasteiger partial charge on any atom is -0.344 e. The second-order valence-corrected chi connectivity index (χ2v) is 4.15. The van der Waals surface area contributed by atoms with Gasteiger partial charge in [0.25, 0.3) is 6.43 Å². The lowest BCUT2D eigenvalue weighted by atomic mass is 10.1. The summed E-state index contributed by atoms with van der Waals surface area (Å²) in [6.07, 6.45) is 2.63. The molecule has 0 fully saturated rings. The van der Waals surface area contributed by atoms with E-state index in [1.165, 1.54) is 0 Å². The Morgan fingerprint density at radius 1 is 1.50 bits per heavy atom. The van der Waals surface area contributed by atoms with Gasteiger partial charge in [-0.15, -0.1) is 16.6 Å².